The van der Waals surface area contributed by atoms with Gasteiger partial charge in [-0.1, -0.05) is 50.6 Å². The summed E-state index contributed by atoms with van der Waals surface area (Å²) in [7, 11) is 0. The number of hydrogen-bond acceptors (Lipinski definition) is 1. The lowest BCUT2D eigenvalue weighted by atomic mass is 9.85. The third-order valence-electron chi connectivity index (χ3n) is 2.80. The molecule has 0 aliphatic heterocycles. The molecule has 0 saturated heterocycles. The summed E-state index contributed by atoms with van der Waals surface area (Å²) in [6.45, 7) is 3.79. The molecule has 15 heavy (non-hydrogen) atoms. The summed E-state index contributed by atoms with van der Waals surface area (Å²) >= 11 is 6.25. The number of hydrogen-bond donors (Lipinski definition) is 1. The van der Waals surface area contributed by atoms with Crippen molar-refractivity contribution in [2.75, 3.05) is 0 Å². The van der Waals surface area contributed by atoms with Gasteiger partial charge in [-0.05, 0) is 11.5 Å². The smallest absolute Gasteiger partial charge is 0.329 e. The van der Waals surface area contributed by atoms with Gasteiger partial charge in [-0.2, -0.15) is 0 Å². The van der Waals surface area contributed by atoms with Crippen LogP contribution < -0.4 is 0 Å². The van der Waals surface area contributed by atoms with Crippen molar-refractivity contribution in [1.82, 2.24) is 0 Å². The van der Waals surface area contributed by atoms with Crippen LogP contribution in [-0.4, -0.2) is 11.1 Å². The third-order valence-corrected chi connectivity index (χ3v) is 3.55. The number of aliphatic carboxylic acids is 1. The average Bonchev–Trinajstić information content (AvgIpc) is 2.27. The molecule has 0 aromatic heterocycles. The second-order valence-electron chi connectivity index (χ2n) is 3.69. The molecule has 1 aromatic rings. The number of alkyl halides is 1. The molecule has 1 aromatic carbocycles. The molecule has 0 amide bonds. The van der Waals surface area contributed by atoms with Gasteiger partial charge in [0.2, 0.25) is 0 Å². The van der Waals surface area contributed by atoms with Crippen molar-refractivity contribution >= 4 is 17.6 Å². The van der Waals surface area contributed by atoms with Crippen LogP contribution in [-0.2, 0) is 9.67 Å². The van der Waals surface area contributed by atoms with E-state index in [1.54, 1.807) is 24.3 Å². The Balaban J connectivity index is 3.19. The van der Waals surface area contributed by atoms with Crippen LogP contribution in [0.3, 0.4) is 0 Å². The highest BCUT2D eigenvalue weighted by Crippen LogP contribution is 2.38. The van der Waals surface area contributed by atoms with Gasteiger partial charge in [-0.3, -0.25) is 0 Å². The van der Waals surface area contributed by atoms with E-state index in [9.17, 15) is 9.90 Å². The second-order valence-corrected chi connectivity index (χ2v) is 4.29. The molecule has 0 aliphatic rings. The summed E-state index contributed by atoms with van der Waals surface area (Å²) in [5, 5.41) is 9.26. The first-order valence-corrected chi connectivity index (χ1v) is 5.39. The predicted molar refractivity (Wildman–Crippen MR) is 61.1 cm³/mol. The highest BCUT2D eigenvalue weighted by atomic mass is 35.5. The fourth-order valence-electron chi connectivity index (χ4n) is 1.58. The van der Waals surface area contributed by atoms with Crippen molar-refractivity contribution in [2.24, 2.45) is 5.92 Å². The molecule has 82 valence electrons. The quantitative estimate of drug-likeness (QED) is 0.801. The van der Waals surface area contributed by atoms with E-state index in [0.29, 0.717) is 5.56 Å². The van der Waals surface area contributed by atoms with Crippen LogP contribution >= 0.6 is 11.6 Å². The van der Waals surface area contributed by atoms with E-state index in [4.69, 9.17) is 11.6 Å². The van der Waals surface area contributed by atoms with E-state index in [2.05, 4.69) is 0 Å². The molecule has 0 aliphatic carbocycles. The SMILES string of the molecule is CC[C@H](C)[C@@](Cl)(C(=O)O)c1ccccc1. The fraction of sp³-hybridized carbons (Fsp3) is 0.417. The number of rotatable bonds is 4. The molecule has 0 bridgehead atoms. The van der Waals surface area contributed by atoms with Gasteiger partial charge < -0.3 is 5.11 Å². The lowest BCUT2D eigenvalue weighted by Crippen LogP contribution is -2.36. The van der Waals surface area contributed by atoms with Gasteiger partial charge in [0.05, 0.1) is 0 Å². The second kappa shape index (κ2) is 4.67. The molecular weight excluding hydrogens is 212 g/mol. The largest absolute Gasteiger partial charge is 0.480 e. The molecule has 0 unspecified atom stereocenters. The van der Waals surface area contributed by atoms with E-state index in [-0.39, 0.29) is 5.92 Å². The van der Waals surface area contributed by atoms with Crippen molar-refractivity contribution in [3.63, 3.8) is 0 Å². The van der Waals surface area contributed by atoms with E-state index in [0.717, 1.165) is 6.42 Å². The van der Waals surface area contributed by atoms with Crippen LogP contribution in [0.5, 0.6) is 0 Å². The Bertz CT molecular complexity index is 337. The first-order valence-electron chi connectivity index (χ1n) is 5.01. The van der Waals surface area contributed by atoms with Crippen molar-refractivity contribution in [2.45, 2.75) is 25.1 Å². The molecule has 2 atom stereocenters. The standard InChI is InChI=1S/C12H15ClO2/c1-3-9(2)12(13,11(14)15)10-7-5-4-6-8-10/h4-9H,3H2,1-2H3,(H,14,15)/t9-,12-/m0/s1. The Hall–Kier alpha value is -1.02. The normalized spacial score (nSPS) is 16.7. The molecule has 0 heterocycles. The Morgan fingerprint density at radius 3 is 2.40 bits per heavy atom. The molecule has 2 nitrogen and oxygen atoms in total. The number of benzene rings is 1. The number of halogens is 1. The van der Waals surface area contributed by atoms with Gasteiger partial charge in [0.25, 0.3) is 0 Å². The van der Waals surface area contributed by atoms with Crippen molar-refractivity contribution in [3.05, 3.63) is 35.9 Å². The van der Waals surface area contributed by atoms with Crippen LogP contribution in [0, 0.1) is 5.92 Å². The van der Waals surface area contributed by atoms with Crippen LogP contribution in [0.4, 0.5) is 0 Å². The van der Waals surface area contributed by atoms with Gasteiger partial charge in [-0.25, -0.2) is 4.79 Å². The van der Waals surface area contributed by atoms with Crippen molar-refractivity contribution < 1.29 is 9.90 Å². The van der Waals surface area contributed by atoms with E-state index >= 15 is 0 Å². The molecule has 1 rings (SSSR count). The Morgan fingerprint density at radius 1 is 1.47 bits per heavy atom. The Kier molecular flexibility index (Phi) is 3.75. The highest BCUT2D eigenvalue weighted by Gasteiger charge is 2.42. The topological polar surface area (TPSA) is 37.3 Å². The van der Waals surface area contributed by atoms with Crippen molar-refractivity contribution in [1.29, 1.82) is 0 Å². The van der Waals surface area contributed by atoms with Gasteiger partial charge in [0, 0.05) is 0 Å². The average molecular weight is 227 g/mol. The maximum atomic E-state index is 11.3. The molecule has 3 heteroatoms. The molecule has 0 fully saturated rings. The zero-order valence-corrected chi connectivity index (χ0v) is 9.66. The lowest BCUT2D eigenvalue weighted by Gasteiger charge is -2.28. The minimum atomic E-state index is -1.31. The van der Waals surface area contributed by atoms with Crippen LogP contribution in [0.1, 0.15) is 25.8 Å². The summed E-state index contributed by atoms with van der Waals surface area (Å²) in [6, 6.07) is 8.97. The molecule has 0 radical (unpaired) electrons. The van der Waals surface area contributed by atoms with Crippen LogP contribution in [0.25, 0.3) is 0 Å². The number of carboxylic acid groups (broad SMARTS) is 1. The maximum absolute atomic E-state index is 11.3. The summed E-state index contributed by atoms with van der Waals surface area (Å²) in [6.07, 6.45) is 0.727. The van der Waals surface area contributed by atoms with Gasteiger partial charge in [0.15, 0.2) is 4.87 Å². The first-order chi connectivity index (χ1) is 7.03. The molecule has 0 spiro atoms. The third kappa shape index (κ3) is 2.15. The van der Waals surface area contributed by atoms with Crippen LogP contribution in [0.15, 0.2) is 30.3 Å². The fourth-order valence-corrected chi connectivity index (χ4v) is 1.86. The Morgan fingerprint density at radius 2 is 2.00 bits per heavy atom. The van der Waals surface area contributed by atoms with E-state index < -0.39 is 10.8 Å². The summed E-state index contributed by atoms with van der Waals surface area (Å²) in [4.78, 5) is 9.98. The summed E-state index contributed by atoms with van der Waals surface area (Å²) in [5.41, 5.74) is 0.647. The summed E-state index contributed by atoms with van der Waals surface area (Å²) in [5.74, 6) is -1.09. The lowest BCUT2D eigenvalue weighted by molar-refractivity contribution is -0.142. The molecule has 1 N–H and O–H groups in total. The zero-order valence-electron chi connectivity index (χ0n) is 8.90. The van der Waals surface area contributed by atoms with Crippen molar-refractivity contribution in [3.8, 4) is 0 Å². The Labute approximate surface area is 94.9 Å². The van der Waals surface area contributed by atoms with Gasteiger partial charge in [0.1, 0.15) is 0 Å². The predicted octanol–water partition coefficient (Wildman–Crippen LogP) is 3.25. The molecule has 0 saturated carbocycles. The number of carbonyl (C=O) groups is 1. The minimum absolute atomic E-state index is 0.112. The number of carboxylic acids is 1. The zero-order chi connectivity index (χ0) is 11.5. The van der Waals surface area contributed by atoms with Crippen LogP contribution in [0.2, 0.25) is 0 Å². The maximum Gasteiger partial charge on any atom is 0.329 e. The minimum Gasteiger partial charge on any atom is -0.480 e. The summed E-state index contributed by atoms with van der Waals surface area (Å²) < 4.78 is 0. The van der Waals surface area contributed by atoms with Gasteiger partial charge in [-0.15, -0.1) is 11.6 Å². The van der Waals surface area contributed by atoms with E-state index in [1.807, 2.05) is 19.9 Å². The monoisotopic (exact) mass is 226 g/mol. The molecular formula is C12H15ClO2. The van der Waals surface area contributed by atoms with Gasteiger partial charge >= 0.3 is 5.97 Å². The van der Waals surface area contributed by atoms with E-state index in [1.165, 1.54) is 0 Å². The highest BCUT2D eigenvalue weighted by molar-refractivity contribution is 6.33. The first kappa shape index (κ1) is 12.1.